The molecule has 0 bridgehead atoms. The highest BCUT2D eigenvalue weighted by Gasteiger charge is 2.22. The molecular weight excluding hydrogens is 162 g/mol. The standard InChI is InChI=1S/C11H21NO/c1-8(2)11(12)7-10(13)6-5-9-3-4-9/h8-9,11H,3-7,12H2,1-2H3. The van der Waals surface area contributed by atoms with E-state index in [0.29, 0.717) is 18.1 Å². The topological polar surface area (TPSA) is 43.1 Å². The van der Waals surface area contributed by atoms with E-state index >= 15 is 0 Å². The molecule has 0 radical (unpaired) electrons. The van der Waals surface area contributed by atoms with Crippen molar-refractivity contribution in [2.45, 2.75) is 52.0 Å². The maximum atomic E-state index is 11.4. The molecule has 1 unspecified atom stereocenters. The number of carbonyl (C=O) groups is 1. The number of Topliss-reactive ketones (excluding diaryl/α,β-unsaturated/α-hetero) is 1. The lowest BCUT2D eigenvalue weighted by atomic mass is 9.97. The van der Waals surface area contributed by atoms with Gasteiger partial charge in [-0.1, -0.05) is 26.7 Å². The molecule has 0 aromatic rings. The molecule has 0 spiro atoms. The summed E-state index contributed by atoms with van der Waals surface area (Å²) < 4.78 is 0. The van der Waals surface area contributed by atoms with Gasteiger partial charge in [0, 0.05) is 18.9 Å². The molecule has 2 nitrogen and oxygen atoms in total. The first-order valence-corrected chi connectivity index (χ1v) is 5.37. The average molecular weight is 183 g/mol. The van der Waals surface area contributed by atoms with E-state index in [1.165, 1.54) is 12.8 Å². The maximum absolute atomic E-state index is 11.4. The second kappa shape index (κ2) is 4.75. The van der Waals surface area contributed by atoms with Crippen molar-refractivity contribution in [3.05, 3.63) is 0 Å². The Morgan fingerprint density at radius 3 is 2.54 bits per heavy atom. The number of ketones is 1. The molecule has 0 aromatic carbocycles. The zero-order valence-electron chi connectivity index (χ0n) is 8.75. The lowest BCUT2D eigenvalue weighted by molar-refractivity contribution is -0.119. The minimum absolute atomic E-state index is 0.0618. The van der Waals surface area contributed by atoms with Crippen molar-refractivity contribution in [2.75, 3.05) is 0 Å². The molecule has 0 amide bonds. The van der Waals surface area contributed by atoms with Gasteiger partial charge in [0.05, 0.1) is 0 Å². The van der Waals surface area contributed by atoms with Crippen molar-refractivity contribution < 1.29 is 4.79 Å². The highest BCUT2D eigenvalue weighted by Crippen LogP contribution is 2.33. The molecule has 1 aliphatic carbocycles. The molecule has 13 heavy (non-hydrogen) atoms. The Morgan fingerprint density at radius 1 is 1.46 bits per heavy atom. The normalized spacial score (nSPS) is 19.1. The summed E-state index contributed by atoms with van der Waals surface area (Å²) in [5.41, 5.74) is 5.82. The van der Waals surface area contributed by atoms with Crippen molar-refractivity contribution in [2.24, 2.45) is 17.6 Å². The van der Waals surface area contributed by atoms with Crippen LogP contribution in [0.2, 0.25) is 0 Å². The fourth-order valence-corrected chi connectivity index (χ4v) is 1.37. The Hall–Kier alpha value is -0.370. The van der Waals surface area contributed by atoms with E-state index in [4.69, 9.17) is 5.73 Å². The second-order valence-electron chi connectivity index (χ2n) is 4.63. The van der Waals surface area contributed by atoms with Gasteiger partial charge < -0.3 is 5.73 Å². The summed E-state index contributed by atoms with van der Waals surface area (Å²) in [6, 6.07) is 0.0618. The van der Waals surface area contributed by atoms with Crippen LogP contribution in [0, 0.1) is 11.8 Å². The Kier molecular flexibility index (Phi) is 3.91. The van der Waals surface area contributed by atoms with E-state index in [1.54, 1.807) is 0 Å². The third-order valence-corrected chi connectivity index (χ3v) is 2.85. The van der Waals surface area contributed by atoms with E-state index in [0.717, 1.165) is 18.8 Å². The molecule has 76 valence electrons. The van der Waals surface area contributed by atoms with Gasteiger partial charge in [0.25, 0.3) is 0 Å². The molecule has 2 heteroatoms. The van der Waals surface area contributed by atoms with Crippen molar-refractivity contribution in [3.63, 3.8) is 0 Å². The molecule has 0 saturated heterocycles. The van der Waals surface area contributed by atoms with Gasteiger partial charge in [0.2, 0.25) is 0 Å². The summed E-state index contributed by atoms with van der Waals surface area (Å²) in [5, 5.41) is 0. The summed E-state index contributed by atoms with van der Waals surface area (Å²) >= 11 is 0. The quantitative estimate of drug-likeness (QED) is 0.685. The second-order valence-corrected chi connectivity index (χ2v) is 4.63. The molecular formula is C11H21NO. The predicted molar refractivity (Wildman–Crippen MR) is 54.4 cm³/mol. The molecule has 2 N–H and O–H groups in total. The Morgan fingerprint density at radius 2 is 2.08 bits per heavy atom. The zero-order chi connectivity index (χ0) is 9.84. The van der Waals surface area contributed by atoms with Crippen LogP contribution in [-0.4, -0.2) is 11.8 Å². The van der Waals surface area contributed by atoms with Gasteiger partial charge in [-0.05, 0) is 18.3 Å². The first-order chi connectivity index (χ1) is 6.09. The van der Waals surface area contributed by atoms with Crippen LogP contribution in [0.4, 0.5) is 0 Å². The monoisotopic (exact) mass is 183 g/mol. The first-order valence-electron chi connectivity index (χ1n) is 5.37. The molecule has 1 atom stereocenters. The van der Waals surface area contributed by atoms with E-state index in [9.17, 15) is 4.79 Å². The van der Waals surface area contributed by atoms with E-state index in [2.05, 4.69) is 13.8 Å². The molecule has 1 fully saturated rings. The predicted octanol–water partition coefficient (Wildman–Crippen LogP) is 2.12. The number of hydrogen-bond acceptors (Lipinski definition) is 2. The van der Waals surface area contributed by atoms with Crippen molar-refractivity contribution in [3.8, 4) is 0 Å². The lowest BCUT2D eigenvalue weighted by Crippen LogP contribution is -2.29. The Labute approximate surface area is 80.9 Å². The van der Waals surface area contributed by atoms with Crippen LogP contribution in [-0.2, 0) is 4.79 Å². The third kappa shape index (κ3) is 4.41. The third-order valence-electron chi connectivity index (χ3n) is 2.85. The molecule has 0 heterocycles. The van der Waals surface area contributed by atoms with Gasteiger partial charge >= 0.3 is 0 Å². The van der Waals surface area contributed by atoms with E-state index in [-0.39, 0.29) is 6.04 Å². The SMILES string of the molecule is CC(C)C(N)CC(=O)CCC1CC1. The van der Waals surface area contributed by atoms with Crippen LogP contribution in [0.5, 0.6) is 0 Å². The highest BCUT2D eigenvalue weighted by molar-refractivity contribution is 5.79. The minimum atomic E-state index is 0.0618. The summed E-state index contributed by atoms with van der Waals surface area (Å²) in [7, 11) is 0. The highest BCUT2D eigenvalue weighted by atomic mass is 16.1. The van der Waals surface area contributed by atoms with Crippen molar-refractivity contribution >= 4 is 5.78 Å². The van der Waals surface area contributed by atoms with Crippen LogP contribution < -0.4 is 5.73 Å². The van der Waals surface area contributed by atoms with Crippen LogP contribution in [0.15, 0.2) is 0 Å². The largest absolute Gasteiger partial charge is 0.327 e. The molecule has 0 aromatic heterocycles. The number of hydrogen-bond donors (Lipinski definition) is 1. The number of rotatable bonds is 6. The van der Waals surface area contributed by atoms with Gasteiger partial charge in [-0.2, -0.15) is 0 Å². The molecule has 1 rings (SSSR count). The van der Waals surface area contributed by atoms with E-state index < -0.39 is 0 Å². The van der Waals surface area contributed by atoms with Crippen LogP contribution in [0.3, 0.4) is 0 Å². The first kappa shape index (κ1) is 10.7. The van der Waals surface area contributed by atoms with Gasteiger partial charge in [0.15, 0.2) is 0 Å². The fourth-order valence-electron chi connectivity index (χ4n) is 1.37. The summed E-state index contributed by atoms with van der Waals surface area (Å²) in [6.45, 7) is 4.14. The minimum Gasteiger partial charge on any atom is -0.327 e. The molecule has 1 aliphatic rings. The lowest BCUT2D eigenvalue weighted by Gasteiger charge is -2.14. The van der Waals surface area contributed by atoms with Crippen molar-refractivity contribution in [1.82, 2.24) is 0 Å². The van der Waals surface area contributed by atoms with Gasteiger partial charge in [0.1, 0.15) is 5.78 Å². The summed E-state index contributed by atoms with van der Waals surface area (Å²) in [6.07, 6.45) is 5.10. The Balaban J connectivity index is 2.08. The maximum Gasteiger partial charge on any atom is 0.134 e. The van der Waals surface area contributed by atoms with Gasteiger partial charge in [-0.15, -0.1) is 0 Å². The van der Waals surface area contributed by atoms with Crippen molar-refractivity contribution in [1.29, 1.82) is 0 Å². The van der Waals surface area contributed by atoms with Crippen LogP contribution in [0.25, 0.3) is 0 Å². The molecule has 1 saturated carbocycles. The fraction of sp³-hybridized carbons (Fsp3) is 0.909. The van der Waals surface area contributed by atoms with Crippen LogP contribution >= 0.6 is 0 Å². The average Bonchev–Trinajstić information content (AvgIpc) is 2.83. The Bertz CT molecular complexity index is 173. The zero-order valence-corrected chi connectivity index (χ0v) is 8.75. The van der Waals surface area contributed by atoms with Crippen LogP contribution in [0.1, 0.15) is 46.0 Å². The van der Waals surface area contributed by atoms with E-state index in [1.807, 2.05) is 0 Å². The number of carbonyl (C=O) groups excluding carboxylic acids is 1. The summed E-state index contributed by atoms with van der Waals surface area (Å²) in [4.78, 5) is 11.4. The van der Waals surface area contributed by atoms with Gasteiger partial charge in [-0.3, -0.25) is 4.79 Å². The van der Waals surface area contributed by atoms with Gasteiger partial charge in [-0.25, -0.2) is 0 Å². The molecule has 0 aliphatic heterocycles. The smallest absolute Gasteiger partial charge is 0.134 e. The summed E-state index contributed by atoms with van der Waals surface area (Å²) in [5.74, 6) is 1.64. The number of nitrogens with two attached hydrogens (primary N) is 1.